The van der Waals surface area contributed by atoms with Crippen molar-refractivity contribution >= 4 is 12.0 Å². The van der Waals surface area contributed by atoms with E-state index in [1.54, 1.807) is 4.90 Å². The van der Waals surface area contributed by atoms with Crippen molar-refractivity contribution in [3.63, 3.8) is 0 Å². The number of fused-ring (bicyclic) bond motifs is 1. The molecule has 2 aliphatic carbocycles. The highest BCUT2D eigenvalue weighted by Crippen LogP contribution is 2.48. The summed E-state index contributed by atoms with van der Waals surface area (Å²) in [5, 5.41) is 12.8. The Hall–Kier alpha value is -1.30. The van der Waals surface area contributed by atoms with E-state index in [2.05, 4.69) is 31.2 Å². The van der Waals surface area contributed by atoms with Crippen LogP contribution in [0, 0.1) is 17.3 Å². The molecule has 1 heterocycles. The summed E-state index contributed by atoms with van der Waals surface area (Å²) < 4.78 is 0. The average Bonchev–Trinajstić information content (AvgIpc) is 3.10. The molecule has 1 saturated heterocycles. The van der Waals surface area contributed by atoms with Gasteiger partial charge in [-0.05, 0) is 51.6 Å². The summed E-state index contributed by atoms with van der Waals surface area (Å²) in [5.41, 5.74) is -0.677. The van der Waals surface area contributed by atoms with Crippen LogP contribution in [-0.4, -0.2) is 66.2 Å². The lowest BCUT2D eigenvalue weighted by Crippen LogP contribution is -2.56. The number of carboxylic acid groups (broad SMARTS) is 1. The lowest BCUT2D eigenvalue weighted by Gasteiger charge is -2.45. The normalized spacial score (nSPS) is 38.0. The number of hydrogen-bond acceptors (Lipinski definition) is 3. The van der Waals surface area contributed by atoms with E-state index >= 15 is 0 Å². The molecule has 6 nitrogen and oxygen atoms in total. The van der Waals surface area contributed by atoms with E-state index in [4.69, 9.17) is 0 Å². The molecule has 1 aliphatic heterocycles. The molecule has 142 valence electrons. The van der Waals surface area contributed by atoms with E-state index in [1.165, 1.54) is 12.8 Å². The van der Waals surface area contributed by atoms with Crippen molar-refractivity contribution in [3.05, 3.63) is 0 Å². The second-order valence-corrected chi connectivity index (χ2v) is 8.91. The highest BCUT2D eigenvalue weighted by molar-refractivity contribution is 5.80. The second-order valence-electron chi connectivity index (χ2n) is 8.91. The fourth-order valence-corrected chi connectivity index (χ4v) is 5.50. The topological polar surface area (TPSA) is 72.9 Å². The number of amides is 2. The van der Waals surface area contributed by atoms with Gasteiger partial charge in [0.05, 0.1) is 5.41 Å². The number of likely N-dealkylation sites (tertiary alicyclic amines) is 1. The lowest BCUT2D eigenvalue weighted by atomic mass is 9.75. The van der Waals surface area contributed by atoms with Gasteiger partial charge in [-0.25, -0.2) is 4.79 Å². The van der Waals surface area contributed by atoms with Gasteiger partial charge < -0.3 is 20.2 Å². The van der Waals surface area contributed by atoms with Crippen LogP contribution in [0.15, 0.2) is 0 Å². The van der Waals surface area contributed by atoms with Crippen molar-refractivity contribution in [3.8, 4) is 0 Å². The summed E-state index contributed by atoms with van der Waals surface area (Å²) >= 11 is 0. The van der Waals surface area contributed by atoms with Gasteiger partial charge in [0.2, 0.25) is 0 Å². The van der Waals surface area contributed by atoms with E-state index in [0.29, 0.717) is 32.0 Å². The third kappa shape index (κ3) is 3.25. The highest BCUT2D eigenvalue weighted by atomic mass is 16.4. The monoisotopic (exact) mass is 351 g/mol. The largest absolute Gasteiger partial charge is 0.481 e. The number of aliphatic carboxylic acids is 1. The molecule has 2 amide bonds. The first-order valence-electron chi connectivity index (χ1n) is 9.73. The lowest BCUT2D eigenvalue weighted by molar-refractivity contribution is -0.149. The zero-order valence-electron chi connectivity index (χ0n) is 15.9. The Morgan fingerprint density at radius 1 is 1.24 bits per heavy atom. The maximum Gasteiger partial charge on any atom is 0.317 e. The van der Waals surface area contributed by atoms with E-state index in [1.807, 2.05) is 0 Å². The molecule has 3 fully saturated rings. The molecule has 0 bridgehead atoms. The maximum absolute atomic E-state index is 12.7. The number of carbonyl (C=O) groups is 2. The van der Waals surface area contributed by atoms with Crippen molar-refractivity contribution in [2.75, 3.05) is 33.7 Å². The Morgan fingerprint density at radius 2 is 1.96 bits per heavy atom. The minimum atomic E-state index is -0.726. The predicted molar refractivity (Wildman–Crippen MR) is 96.4 cm³/mol. The van der Waals surface area contributed by atoms with Crippen LogP contribution in [-0.2, 0) is 4.79 Å². The van der Waals surface area contributed by atoms with Crippen molar-refractivity contribution in [1.82, 2.24) is 15.1 Å². The summed E-state index contributed by atoms with van der Waals surface area (Å²) in [6, 6.07) is -0.0884. The number of carbonyl (C=O) groups excluding carboxylic acids is 1. The number of carboxylic acids is 1. The predicted octanol–water partition coefficient (Wildman–Crippen LogP) is 2.39. The van der Waals surface area contributed by atoms with Gasteiger partial charge in [0.1, 0.15) is 0 Å². The SMILES string of the molecule is CC1CCCC(CNC(=O)N2C[C@@H]3CCC[C@@]3(C(=O)O)C2)(N(C)C)C1. The van der Waals surface area contributed by atoms with Crippen LogP contribution >= 0.6 is 0 Å². The number of rotatable bonds is 4. The smallest absolute Gasteiger partial charge is 0.317 e. The van der Waals surface area contributed by atoms with Gasteiger partial charge in [-0.1, -0.05) is 26.2 Å². The van der Waals surface area contributed by atoms with Gasteiger partial charge in [-0.2, -0.15) is 0 Å². The summed E-state index contributed by atoms with van der Waals surface area (Å²) in [6.45, 7) is 3.88. The van der Waals surface area contributed by atoms with Crippen LogP contribution in [0.4, 0.5) is 4.79 Å². The first-order chi connectivity index (χ1) is 11.8. The van der Waals surface area contributed by atoms with Crippen LogP contribution in [0.3, 0.4) is 0 Å². The van der Waals surface area contributed by atoms with Crippen LogP contribution in [0.2, 0.25) is 0 Å². The molecule has 0 aromatic rings. The molecule has 3 rings (SSSR count). The van der Waals surface area contributed by atoms with Crippen molar-refractivity contribution in [2.45, 2.75) is 57.4 Å². The van der Waals surface area contributed by atoms with Gasteiger partial charge in [0, 0.05) is 25.2 Å². The zero-order chi connectivity index (χ0) is 18.2. The average molecular weight is 351 g/mol. The van der Waals surface area contributed by atoms with E-state index in [9.17, 15) is 14.7 Å². The first kappa shape index (κ1) is 18.5. The van der Waals surface area contributed by atoms with Crippen molar-refractivity contribution in [2.24, 2.45) is 17.3 Å². The number of hydrogen-bond donors (Lipinski definition) is 2. The van der Waals surface area contributed by atoms with Crippen LogP contribution < -0.4 is 5.32 Å². The van der Waals surface area contributed by atoms with Crippen molar-refractivity contribution in [1.29, 1.82) is 0 Å². The van der Waals surface area contributed by atoms with E-state index < -0.39 is 11.4 Å². The molecule has 6 heteroatoms. The molecule has 2 N–H and O–H groups in total. The Labute approximate surface area is 150 Å². The summed E-state index contributed by atoms with van der Waals surface area (Å²) in [7, 11) is 4.20. The van der Waals surface area contributed by atoms with Gasteiger partial charge in [0.25, 0.3) is 0 Å². The molecular weight excluding hydrogens is 318 g/mol. The molecule has 0 spiro atoms. The number of nitrogens with zero attached hydrogens (tertiary/aromatic N) is 2. The fraction of sp³-hybridized carbons (Fsp3) is 0.895. The molecule has 2 saturated carbocycles. The standard InChI is InChI=1S/C19H33N3O3/c1-14-6-4-8-18(10-14,21(2)3)12-20-17(25)22-11-15-7-5-9-19(15,13-22)16(23)24/h14-15H,4-13H2,1-3H3,(H,20,25)(H,23,24)/t14?,15-,18?,19+/m0/s1. The van der Waals surface area contributed by atoms with Gasteiger partial charge in [-0.3, -0.25) is 4.79 Å². The van der Waals surface area contributed by atoms with Crippen LogP contribution in [0.25, 0.3) is 0 Å². The number of likely N-dealkylation sites (N-methyl/N-ethyl adjacent to an activating group) is 1. The van der Waals surface area contributed by atoms with E-state index in [-0.39, 0.29) is 17.5 Å². The number of urea groups is 1. The Morgan fingerprint density at radius 3 is 2.56 bits per heavy atom. The third-order valence-corrected chi connectivity index (χ3v) is 7.17. The fourth-order valence-electron chi connectivity index (χ4n) is 5.50. The molecule has 0 aromatic carbocycles. The summed E-state index contributed by atoms with van der Waals surface area (Å²) in [4.78, 5) is 28.5. The molecule has 0 radical (unpaired) electrons. The minimum absolute atomic E-state index is 0.0212. The van der Waals surface area contributed by atoms with Crippen LogP contribution in [0.5, 0.6) is 0 Å². The Bertz CT molecular complexity index is 538. The third-order valence-electron chi connectivity index (χ3n) is 7.17. The zero-order valence-corrected chi connectivity index (χ0v) is 15.9. The molecule has 4 atom stereocenters. The summed E-state index contributed by atoms with van der Waals surface area (Å²) in [6.07, 6.45) is 7.26. The summed E-state index contributed by atoms with van der Waals surface area (Å²) in [5.74, 6) is 0.0684. The van der Waals surface area contributed by atoms with Crippen molar-refractivity contribution < 1.29 is 14.7 Å². The molecule has 0 aromatic heterocycles. The molecule has 2 unspecified atom stereocenters. The van der Waals surface area contributed by atoms with E-state index in [0.717, 1.165) is 25.7 Å². The van der Waals surface area contributed by atoms with Crippen LogP contribution in [0.1, 0.15) is 51.9 Å². The molecule has 3 aliphatic rings. The van der Waals surface area contributed by atoms with Gasteiger partial charge in [-0.15, -0.1) is 0 Å². The minimum Gasteiger partial charge on any atom is -0.481 e. The van der Waals surface area contributed by atoms with Gasteiger partial charge >= 0.3 is 12.0 Å². The Balaban J connectivity index is 1.62. The molecule has 25 heavy (non-hydrogen) atoms. The number of nitrogens with one attached hydrogen (secondary N) is 1. The highest BCUT2D eigenvalue weighted by Gasteiger charge is 2.56. The maximum atomic E-state index is 12.7. The first-order valence-corrected chi connectivity index (χ1v) is 9.73. The second kappa shape index (κ2) is 6.78. The quantitative estimate of drug-likeness (QED) is 0.816. The van der Waals surface area contributed by atoms with Gasteiger partial charge in [0.15, 0.2) is 0 Å². The molecular formula is C19H33N3O3. The Kier molecular flexibility index (Phi) is 5.02.